The summed E-state index contributed by atoms with van der Waals surface area (Å²) in [5.41, 5.74) is 0.983. The van der Waals surface area contributed by atoms with Crippen LogP contribution in [0.25, 0.3) is 10.8 Å². The Hall–Kier alpha value is -3.22. The Kier molecular flexibility index (Phi) is 5.05. The fourth-order valence-corrected chi connectivity index (χ4v) is 3.52. The van der Waals surface area contributed by atoms with Crippen molar-refractivity contribution in [3.8, 4) is 0 Å². The van der Waals surface area contributed by atoms with E-state index in [4.69, 9.17) is 4.74 Å². The molecule has 1 fully saturated rings. The second kappa shape index (κ2) is 7.66. The van der Waals surface area contributed by atoms with Crippen molar-refractivity contribution in [2.75, 3.05) is 6.54 Å². The third kappa shape index (κ3) is 3.85. The Morgan fingerprint density at radius 2 is 1.72 bits per heavy atom. The van der Waals surface area contributed by atoms with Crippen molar-refractivity contribution in [1.29, 1.82) is 0 Å². The second-order valence-corrected chi connectivity index (χ2v) is 7.49. The Morgan fingerprint density at radius 1 is 1.10 bits per heavy atom. The number of esters is 1. The van der Waals surface area contributed by atoms with E-state index in [0.717, 1.165) is 18.2 Å². The van der Waals surface area contributed by atoms with Crippen LogP contribution in [0.4, 0.5) is 0 Å². The van der Waals surface area contributed by atoms with E-state index in [1.807, 2.05) is 12.1 Å². The molecule has 0 saturated heterocycles. The van der Waals surface area contributed by atoms with E-state index in [-0.39, 0.29) is 43.1 Å². The molecule has 2 aromatic carbocycles. The summed E-state index contributed by atoms with van der Waals surface area (Å²) in [5.74, 6) is -1.54. The molecule has 1 unspecified atom stereocenters. The third-order valence-electron chi connectivity index (χ3n) is 5.22. The Balaban J connectivity index is 1.35. The van der Waals surface area contributed by atoms with Crippen LogP contribution in [0, 0.1) is 0 Å². The minimum atomic E-state index is -0.856. The van der Waals surface area contributed by atoms with Crippen molar-refractivity contribution in [3.63, 3.8) is 0 Å². The van der Waals surface area contributed by atoms with Gasteiger partial charge in [-0.3, -0.25) is 24.1 Å². The van der Waals surface area contributed by atoms with E-state index in [1.54, 1.807) is 24.3 Å². The van der Waals surface area contributed by atoms with Gasteiger partial charge in [0.25, 0.3) is 17.7 Å². The molecule has 2 aromatic rings. The monoisotopic (exact) mass is 394 g/mol. The maximum absolute atomic E-state index is 12.8. The zero-order valence-corrected chi connectivity index (χ0v) is 16.1. The van der Waals surface area contributed by atoms with Gasteiger partial charge in [-0.25, -0.2) is 0 Å². The second-order valence-electron chi connectivity index (χ2n) is 7.49. The van der Waals surface area contributed by atoms with Crippen LogP contribution < -0.4 is 5.32 Å². The number of amides is 3. The quantitative estimate of drug-likeness (QED) is 0.575. The summed E-state index contributed by atoms with van der Waals surface area (Å²) in [6.07, 6.45) is 1.35. The highest BCUT2D eigenvalue weighted by Gasteiger charge is 2.32. The van der Waals surface area contributed by atoms with E-state index in [9.17, 15) is 19.2 Å². The molecule has 0 bridgehead atoms. The number of carbonyl (C=O) groups is 4. The van der Waals surface area contributed by atoms with Crippen LogP contribution in [0.1, 0.15) is 53.3 Å². The van der Waals surface area contributed by atoms with Crippen LogP contribution in [-0.2, 0) is 14.3 Å². The summed E-state index contributed by atoms with van der Waals surface area (Å²) in [5, 5.41) is 4.31. The van der Waals surface area contributed by atoms with Crippen molar-refractivity contribution in [2.24, 2.45) is 0 Å². The van der Waals surface area contributed by atoms with Gasteiger partial charge < -0.3 is 10.1 Å². The molecule has 1 heterocycles. The Bertz CT molecular complexity index is 961. The number of rotatable bonds is 7. The van der Waals surface area contributed by atoms with Crippen LogP contribution in [0.15, 0.2) is 36.4 Å². The maximum Gasteiger partial charge on any atom is 0.306 e. The normalized spacial score (nSPS) is 16.7. The number of imide groups is 1. The lowest BCUT2D eigenvalue weighted by atomic mass is 9.94. The standard InChI is InChI=1S/C22H22N2O5/c1-13(20(26)23-15-10-11-15)29-18(25)9-4-12-24-21(27)16-7-2-5-14-6-3-8-17(19(14)16)22(24)28/h2-3,5-8,13,15H,4,9-12H2,1H3,(H,23,26). The SMILES string of the molecule is CC(OC(=O)CCCN1C(=O)c2cccc3cccc(c23)C1=O)C(=O)NC1CC1. The number of nitrogens with one attached hydrogen (secondary N) is 1. The molecule has 1 aliphatic heterocycles. The van der Waals surface area contributed by atoms with E-state index < -0.39 is 12.1 Å². The van der Waals surface area contributed by atoms with Gasteiger partial charge in [0.15, 0.2) is 6.10 Å². The van der Waals surface area contributed by atoms with Gasteiger partial charge in [0.1, 0.15) is 0 Å². The number of hydrogen-bond donors (Lipinski definition) is 1. The molecule has 1 N–H and O–H groups in total. The van der Waals surface area contributed by atoms with Gasteiger partial charge in [0.2, 0.25) is 0 Å². The Labute approximate surface area is 168 Å². The first-order valence-corrected chi connectivity index (χ1v) is 9.83. The first-order valence-electron chi connectivity index (χ1n) is 9.83. The van der Waals surface area contributed by atoms with Crippen molar-refractivity contribution in [2.45, 2.75) is 44.8 Å². The average molecular weight is 394 g/mol. The number of ether oxygens (including phenoxy) is 1. The number of nitrogens with zero attached hydrogens (tertiary/aromatic N) is 1. The highest BCUT2D eigenvalue weighted by atomic mass is 16.5. The van der Waals surface area contributed by atoms with E-state index in [2.05, 4.69) is 5.32 Å². The smallest absolute Gasteiger partial charge is 0.306 e. The molecule has 1 aliphatic carbocycles. The van der Waals surface area contributed by atoms with E-state index >= 15 is 0 Å². The summed E-state index contributed by atoms with van der Waals surface area (Å²) >= 11 is 0. The molecule has 7 heteroatoms. The third-order valence-corrected chi connectivity index (χ3v) is 5.22. The highest BCUT2D eigenvalue weighted by molar-refractivity contribution is 6.25. The number of hydrogen-bond acceptors (Lipinski definition) is 5. The zero-order valence-electron chi connectivity index (χ0n) is 16.1. The van der Waals surface area contributed by atoms with Gasteiger partial charge in [-0.1, -0.05) is 24.3 Å². The fraction of sp³-hybridized carbons (Fsp3) is 0.364. The maximum atomic E-state index is 12.8. The van der Waals surface area contributed by atoms with Gasteiger partial charge in [-0.15, -0.1) is 0 Å². The molecule has 150 valence electrons. The summed E-state index contributed by atoms with van der Waals surface area (Å²) in [6.45, 7) is 1.64. The molecule has 1 atom stereocenters. The molecule has 1 saturated carbocycles. The first kappa shape index (κ1) is 19.1. The Morgan fingerprint density at radius 3 is 2.31 bits per heavy atom. The number of carbonyl (C=O) groups excluding carboxylic acids is 4. The molecule has 7 nitrogen and oxygen atoms in total. The summed E-state index contributed by atoms with van der Waals surface area (Å²) in [4.78, 5) is 50.7. The molecule has 3 amide bonds. The van der Waals surface area contributed by atoms with Crippen LogP contribution in [0.2, 0.25) is 0 Å². The topological polar surface area (TPSA) is 92.8 Å². The molecule has 4 rings (SSSR count). The lowest BCUT2D eigenvalue weighted by molar-refractivity contribution is -0.155. The van der Waals surface area contributed by atoms with Crippen LogP contribution in [0.3, 0.4) is 0 Å². The van der Waals surface area contributed by atoms with Gasteiger partial charge in [0.05, 0.1) is 0 Å². The van der Waals surface area contributed by atoms with Crippen molar-refractivity contribution in [3.05, 3.63) is 47.5 Å². The van der Waals surface area contributed by atoms with E-state index in [0.29, 0.717) is 16.5 Å². The summed E-state index contributed by atoms with van der Waals surface area (Å²) in [6, 6.07) is 10.9. The average Bonchev–Trinajstić information content (AvgIpc) is 3.52. The minimum Gasteiger partial charge on any atom is -0.453 e. The molecular formula is C22H22N2O5. The van der Waals surface area contributed by atoms with Crippen LogP contribution in [-0.4, -0.2) is 47.3 Å². The molecule has 2 aliphatic rings. The lowest BCUT2D eigenvalue weighted by Crippen LogP contribution is -2.41. The highest BCUT2D eigenvalue weighted by Crippen LogP contribution is 2.30. The molecular weight excluding hydrogens is 372 g/mol. The summed E-state index contributed by atoms with van der Waals surface area (Å²) in [7, 11) is 0. The lowest BCUT2D eigenvalue weighted by Gasteiger charge is -2.27. The minimum absolute atomic E-state index is 0.0178. The van der Waals surface area contributed by atoms with E-state index in [1.165, 1.54) is 11.8 Å². The van der Waals surface area contributed by atoms with Crippen LogP contribution in [0.5, 0.6) is 0 Å². The largest absolute Gasteiger partial charge is 0.453 e. The zero-order chi connectivity index (χ0) is 20.5. The fourth-order valence-electron chi connectivity index (χ4n) is 3.52. The van der Waals surface area contributed by atoms with Crippen molar-refractivity contribution >= 4 is 34.5 Å². The predicted molar refractivity (Wildman–Crippen MR) is 105 cm³/mol. The number of benzene rings is 2. The molecule has 29 heavy (non-hydrogen) atoms. The van der Waals surface area contributed by atoms with Gasteiger partial charge in [-0.05, 0) is 43.7 Å². The molecule has 0 spiro atoms. The van der Waals surface area contributed by atoms with Crippen molar-refractivity contribution in [1.82, 2.24) is 10.2 Å². The van der Waals surface area contributed by atoms with Gasteiger partial charge in [0, 0.05) is 35.5 Å². The predicted octanol–water partition coefficient (Wildman–Crippen LogP) is 2.43. The van der Waals surface area contributed by atoms with Crippen molar-refractivity contribution < 1.29 is 23.9 Å². The van der Waals surface area contributed by atoms with Crippen LogP contribution >= 0.6 is 0 Å². The first-order chi connectivity index (χ1) is 14.0. The summed E-state index contributed by atoms with van der Waals surface area (Å²) < 4.78 is 5.15. The molecule has 0 aromatic heterocycles. The van der Waals surface area contributed by atoms with Gasteiger partial charge in [-0.2, -0.15) is 0 Å². The molecule has 0 radical (unpaired) electrons. The van der Waals surface area contributed by atoms with Gasteiger partial charge >= 0.3 is 5.97 Å².